The largest absolute Gasteiger partial charge is 0.480 e. The zero-order valence-electron chi connectivity index (χ0n) is 11.1. The minimum Gasteiger partial charge on any atom is -0.480 e. The molecule has 1 aromatic rings. The summed E-state index contributed by atoms with van der Waals surface area (Å²) in [6.45, 7) is 1.97. The van der Waals surface area contributed by atoms with Crippen LogP contribution in [0.5, 0.6) is 0 Å². The smallest absolute Gasteiger partial charge is 0.327 e. The maximum Gasteiger partial charge on any atom is 0.327 e. The van der Waals surface area contributed by atoms with Crippen LogP contribution >= 0.6 is 11.8 Å². The van der Waals surface area contributed by atoms with Gasteiger partial charge in [0.1, 0.15) is 11.9 Å². The molecule has 0 aromatic heterocycles. The van der Waals surface area contributed by atoms with Gasteiger partial charge in [-0.1, -0.05) is 25.5 Å². The Morgan fingerprint density at radius 2 is 2.15 bits per heavy atom. The molecule has 108 valence electrons. The first-order chi connectivity index (χ1) is 9.56. The maximum atomic E-state index is 13.7. The Morgan fingerprint density at radius 1 is 1.45 bits per heavy atom. The van der Waals surface area contributed by atoms with E-state index in [1.807, 2.05) is 6.92 Å². The van der Waals surface area contributed by atoms with Crippen molar-refractivity contribution in [2.45, 2.75) is 31.2 Å². The molecule has 1 saturated heterocycles. The summed E-state index contributed by atoms with van der Waals surface area (Å²) >= 11 is 1.44. The van der Waals surface area contributed by atoms with Gasteiger partial charge in [0.25, 0.3) is 5.91 Å². The fourth-order valence-corrected chi connectivity index (χ4v) is 3.78. The third-order valence-electron chi connectivity index (χ3n) is 3.25. The van der Waals surface area contributed by atoms with Crippen molar-refractivity contribution in [1.82, 2.24) is 4.90 Å². The van der Waals surface area contributed by atoms with Gasteiger partial charge >= 0.3 is 5.97 Å². The topological polar surface area (TPSA) is 57.6 Å². The standard InChI is InChI=1S/C14H16FNO3S/c1-2-5-12-16(11(8-20-12)14(18)19)13(17)9-6-3-4-7-10(9)15/h3-4,6-7,11-12H,2,5,8H2,1H3,(H,18,19)/t11-,12-/m0/s1. The quantitative estimate of drug-likeness (QED) is 0.928. The second-order valence-electron chi connectivity index (χ2n) is 4.62. The molecule has 1 aliphatic rings. The Bertz CT molecular complexity index is 523. The zero-order valence-corrected chi connectivity index (χ0v) is 11.9. The number of carbonyl (C=O) groups excluding carboxylic acids is 1. The van der Waals surface area contributed by atoms with Crippen molar-refractivity contribution in [2.24, 2.45) is 0 Å². The van der Waals surface area contributed by atoms with Crippen LogP contribution in [-0.2, 0) is 4.79 Å². The molecule has 0 spiro atoms. The van der Waals surface area contributed by atoms with Crippen LogP contribution in [-0.4, -0.2) is 39.1 Å². The number of nitrogens with zero attached hydrogens (tertiary/aromatic N) is 1. The van der Waals surface area contributed by atoms with E-state index in [0.29, 0.717) is 12.2 Å². The average molecular weight is 297 g/mol. The number of rotatable bonds is 4. The van der Waals surface area contributed by atoms with E-state index in [-0.39, 0.29) is 10.9 Å². The van der Waals surface area contributed by atoms with Crippen LogP contribution in [0.4, 0.5) is 4.39 Å². The van der Waals surface area contributed by atoms with Crippen LogP contribution < -0.4 is 0 Å². The van der Waals surface area contributed by atoms with Crippen molar-refractivity contribution in [3.8, 4) is 0 Å². The van der Waals surface area contributed by atoms with Crippen molar-refractivity contribution in [3.05, 3.63) is 35.6 Å². The number of carboxylic acids is 1. The third-order valence-corrected chi connectivity index (χ3v) is 4.61. The monoisotopic (exact) mass is 297 g/mol. The summed E-state index contributed by atoms with van der Waals surface area (Å²) in [7, 11) is 0. The molecule has 1 N–H and O–H groups in total. The minimum atomic E-state index is -1.04. The van der Waals surface area contributed by atoms with Crippen LogP contribution in [0.25, 0.3) is 0 Å². The summed E-state index contributed by atoms with van der Waals surface area (Å²) in [5, 5.41) is 9.03. The third kappa shape index (κ3) is 2.80. The molecule has 1 heterocycles. The van der Waals surface area contributed by atoms with Gasteiger partial charge in [-0.05, 0) is 18.6 Å². The molecule has 1 amide bonds. The number of halogens is 1. The highest BCUT2D eigenvalue weighted by Crippen LogP contribution is 2.33. The molecule has 1 aliphatic heterocycles. The normalized spacial score (nSPS) is 22.0. The van der Waals surface area contributed by atoms with Gasteiger partial charge in [0, 0.05) is 5.75 Å². The van der Waals surface area contributed by atoms with Gasteiger partial charge in [0.15, 0.2) is 0 Å². The average Bonchev–Trinajstić information content (AvgIpc) is 2.83. The summed E-state index contributed by atoms with van der Waals surface area (Å²) in [5.74, 6) is -1.85. The van der Waals surface area contributed by atoms with Crippen molar-refractivity contribution in [3.63, 3.8) is 0 Å². The van der Waals surface area contributed by atoms with E-state index in [0.717, 1.165) is 6.42 Å². The molecule has 0 radical (unpaired) electrons. The Balaban J connectivity index is 2.32. The molecule has 2 atom stereocenters. The number of benzene rings is 1. The Morgan fingerprint density at radius 3 is 2.75 bits per heavy atom. The first-order valence-corrected chi connectivity index (χ1v) is 7.52. The van der Waals surface area contributed by atoms with Crippen molar-refractivity contribution >= 4 is 23.6 Å². The molecule has 1 aromatic carbocycles. The van der Waals surface area contributed by atoms with Gasteiger partial charge in [-0.15, -0.1) is 11.8 Å². The molecule has 1 fully saturated rings. The molecule has 0 unspecified atom stereocenters. The summed E-state index contributed by atoms with van der Waals surface area (Å²) in [4.78, 5) is 25.1. The molecule has 20 heavy (non-hydrogen) atoms. The lowest BCUT2D eigenvalue weighted by Crippen LogP contribution is -2.45. The second-order valence-corrected chi connectivity index (χ2v) is 5.83. The lowest BCUT2D eigenvalue weighted by atomic mass is 10.1. The summed E-state index contributed by atoms with van der Waals surface area (Å²) in [6, 6.07) is 4.79. The number of carboxylic acid groups (broad SMARTS) is 1. The zero-order chi connectivity index (χ0) is 14.7. The number of hydrogen-bond donors (Lipinski definition) is 1. The molecule has 0 aliphatic carbocycles. The lowest BCUT2D eigenvalue weighted by Gasteiger charge is -2.27. The highest BCUT2D eigenvalue weighted by Gasteiger charge is 2.41. The highest BCUT2D eigenvalue weighted by molar-refractivity contribution is 8.00. The van der Waals surface area contributed by atoms with Gasteiger partial charge in [0.2, 0.25) is 0 Å². The van der Waals surface area contributed by atoms with E-state index in [9.17, 15) is 19.1 Å². The van der Waals surface area contributed by atoms with Gasteiger partial charge in [-0.3, -0.25) is 4.79 Å². The predicted molar refractivity (Wildman–Crippen MR) is 75.1 cm³/mol. The van der Waals surface area contributed by atoms with Crippen molar-refractivity contribution < 1.29 is 19.1 Å². The minimum absolute atomic E-state index is 0.0673. The van der Waals surface area contributed by atoms with Crippen LogP contribution in [0.3, 0.4) is 0 Å². The Labute approximate surface area is 121 Å². The Hall–Kier alpha value is -1.56. The number of carbonyl (C=O) groups is 2. The van der Waals surface area contributed by atoms with E-state index in [1.165, 1.54) is 34.9 Å². The molecule has 0 bridgehead atoms. The van der Waals surface area contributed by atoms with Crippen molar-refractivity contribution in [1.29, 1.82) is 0 Å². The van der Waals surface area contributed by atoms with E-state index >= 15 is 0 Å². The second kappa shape index (κ2) is 6.26. The molecular weight excluding hydrogens is 281 g/mol. The summed E-state index contributed by atoms with van der Waals surface area (Å²) < 4.78 is 13.7. The number of thioether (sulfide) groups is 1. The molecule has 2 rings (SSSR count). The van der Waals surface area contributed by atoms with Crippen LogP contribution in [0.2, 0.25) is 0 Å². The number of amides is 1. The highest BCUT2D eigenvalue weighted by atomic mass is 32.2. The Kier molecular flexibility index (Phi) is 4.65. The predicted octanol–water partition coefficient (Wildman–Crippen LogP) is 2.59. The van der Waals surface area contributed by atoms with Gasteiger partial charge in [0.05, 0.1) is 10.9 Å². The van der Waals surface area contributed by atoms with Crippen molar-refractivity contribution in [2.75, 3.05) is 5.75 Å². The molecule has 0 saturated carbocycles. The number of hydrogen-bond acceptors (Lipinski definition) is 3. The van der Waals surface area contributed by atoms with E-state index in [2.05, 4.69) is 0 Å². The van der Waals surface area contributed by atoms with Crippen LogP contribution in [0.15, 0.2) is 24.3 Å². The lowest BCUT2D eigenvalue weighted by molar-refractivity contribution is -0.141. The van der Waals surface area contributed by atoms with E-state index in [4.69, 9.17) is 0 Å². The van der Waals surface area contributed by atoms with Gasteiger partial charge < -0.3 is 10.0 Å². The first-order valence-electron chi connectivity index (χ1n) is 6.47. The molecule has 6 heteroatoms. The fourth-order valence-electron chi connectivity index (χ4n) is 2.27. The van der Waals surface area contributed by atoms with Gasteiger partial charge in [-0.25, -0.2) is 9.18 Å². The number of aliphatic carboxylic acids is 1. The summed E-state index contributed by atoms with van der Waals surface area (Å²) in [5.41, 5.74) is -0.0673. The van der Waals surface area contributed by atoms with Crippen LogP contribution in [0, 0.1) is 5.82 Å². The van der Waals surface area contributed by atoms with Crippen LogP contribution in [0.1, 0.15) is 30.1 Å². The van der Waals surface area contributed by atoms with E-state index in [1.54, 1.807) is 6.07 Å². The fraction of sp³-hybridized carbons (Fsp3) is 0.429. The maximum absolute atomic E-state index is 13.7. The first kappa shape index (κ1) is 14.8. The SMILES string of the molecule is CCC[C@@H]1SC[C@@H](C(=O)O)N1C(=O)c1ccccc1F. The van der Waals surface area contributed by atoms with E-state index < -0.39 is 23.7 Å². The van der Waals surface area contributed by atoms with Gasteiger partial charge in [-0.2, -0.15) is 0 Å². The molecule has 4 nitrogen and oxygen atoms in total. The summed E-state index contributed by atoms with van der Waals surface area (Å²) in [6.07, 6.45) is 1.54. The molecular formula is C14H16FNO3S.